The number of hydrogen-bond donors (Lipinski definition) is 2. The first-order valence-electron chi connectivity index (χ1n) is 5.89. The highest BCUT2D eigenvalue weighted by Crippen LogP contribution is 2.19. The third-order valence-electron chi connectivity index (χ3n) is 2.85. The molecule has 0 radical (unpaired) electrons. The number of benzene rings is 1. The van der Waals surface area contributed by atoms with Crippen LogP contribution in [-0.4, -0.2) is 25.1 Å². The molecular weight excluding hydrogens is 216 g/mol. The molecule has 1 heterocycles. The van der Waals surface area contributed by atoms with Crippen molar-refractivity contribution in [3.8, 4) is 5.75 Å². The SMILES string of the molecule is CC(=O)N[C@@H](C)c1ccc(OC2CNC2)cc1. The molecule has 2 N–H and O–H groups in total. The van der Waals surface area contributed by atoms with Gasteiger partial charge in [0.1, 0.15) is 11.9 Å². The molecule has 0 bridgehead atoms. The summed E-state index contributed by atoms with van der Waals surface area (Å²) < 4.78 is 5.72. The second-order valence-corrected chi connectivity index (χ2v) is 4.39. The van der Waals surface area contributed by atoms with Gasteiger partial charge in [0.05, 0.1) is 6.04 Å². The van der Waals surface area contributed by atoms with Crippen LogP contribution in [0.25, 0.3) is 0 Å². The minimum Gasteiger partial charge on any atom is -0.488 e. The number of amides is 1. The number of nitrogens with one attached hydrogen (secondary N) is 2. The molecule has 1 aromatic carbocycles. The van der Waals surface area contributed by atoms with Crippen LogP contribution in [0.3, 0.4) is 0 Å². The Bertz CT molecular complexity index is 385. The standard InChI is InChI=1S/C13H18N2O2/c1-9(15-10(2)16)11-3-5-12(6-4-11)17-13-7-14-8-13/h3-6,9,13-14H,7-8H2,1-2H3,(H,15,16)/t9-/m0/s1. The topological polar surface area (TPSA) is 50.4 Å². The monoisotopic (exact) mass is 234 g/mol. The predicted molar refractivity (Wildman–Crippen MR) is 66.0 cm³/mol. The Kier molecular flexibility index (Phi) is 3.64. The van der Waals surface area contributed by atoms with Crippen LogP contribution in [0.1, 0.15) is 25.5 Å². The van der Waals surface area contributed by atoms with Crippen LogP contribution in [-0.2, 0) is 4.79 Å². The zero-order valence-corrected chi connectivity index (χ0v) is 10.2. The molecule has 4 heteroatoms. The summed E-state index contributed by atoms with van der Waals surface area (Å²) in [4.78, 5) is 10.9. The summed E-state index contributed by atoms with van der Waals surface area (Å²) in [7, 11) is 0. The van der Waals surface area contributed by atoms with Gasteiger partial charge in [0.15, 0.2) is 0 Å². The second-order valence-electron chi connectivity index (χ2n) is 4.39. The van der Waals surface area contributed by atoms with Gasteiger partial charge in [0.25, 0.3) is 0 Å². The number of carbonyl (C=O) groups is 1. The number of carbonyl (C=O) groups excluding carboxylic acids is 1. The Morgan fingerprint density at radius 3 is 2.53 bits per heavy atom. The minimum atomic E-state index is -0.0154. The molecule has 1 atom stereocenters. The van der Waals surface area contributed by atoms with E-state index in [1.54, 1.807) is 0 Å². The molecule has 1 saturated heterocycles. The highest BCUT2D eigenvalue weighted by atomic mass is 16.5. The molecule has 0 spiro atoms. The van der Waals surface area contributed by atoms with E-state index in [0.29, 0.717) is 6.10 Å². The third kappa shape index (κ3) is 3.20. The molecule has 0 aromatic heterocycles. The van der Waals surface area contributed by atoms with E-state index in [0.717, 1.165) is 24.4 Å². The van der Waals surface area contributed by atoms with Gasteiger partial charge in [-0.1, -0.05) is 12.1 Å². The minimum absolute atomic E-state index is 0.0154. The van der Waals surface area contributed by atoms with Crippen molar-refractivity contribution in [3.05, 3.63) is 29.8 Å². The van der Waals surface area contributed by atoms with E-state index in [9.17, 15) is 4.79 Å². The molecule has 0 unspecified atom stereocenters. The molecule has 1 fully saturated rings. The van der Waals surface area contributed by atoms with E-state index >= 15 is 0 Å². The van der Waals surface area contributed by atoms with Crippen molar-refractivity contribution in [2.75, 3.05) is 13.1 Å². The molecule has 1 aliphatic rings. The number of rotatable bonds is 4. The lowest BCUT2D eigenvalue weighted by Gasteiger charge is -2.27. The van der Waals surface area contributed by atoms with Crippen molar-refractivity contribution < 1.29 is 9.53 Å². The van der Waals surface area contributed by atoms with Crippen LogP contribution in [0.2, 0.25) is 0 Å². The molecule has 17 heavy (non-hydrogen) atoms. The summed E-state index contributed by atoms with van der Waals surface area (Å²) in [5.74, 6) is 0.869. The smallest absolute Gasteiger partial charge is 0.217 e. The van der Waals surface area contributed by atoms with Crippen LogP contribution >= 0.6 is 0 Å². The molecule has 1 aromatic rings. The van der Waals surface area contributed by atoms with Crippen molar-refractivity contribution in [3.63, 3.8) is 0 Å². The van der Waals surface area contributed by atoms with Crippen LogP contribution in [0, 0.1) is 0 Å². The lowest BCUT2D eigenvalue weighted by atomic mass is 10.1. The first-order chi connectivity index (χ1) is 8.15. The summed E-state index contributed by atoms with van der Waals surface area (Å²) >= 11 is 0. The van der Waals surface area contributed by atoms with Crippen molar-refractivity contribution in [1.82, 2.24) is 10.6 Å². The Hall–Kier alpha value is -1.55. The summed E-state index contributed by atoms with van der Waals surface area (Å²) in [5.41, 5.74) is 1.08. The van der Waals surface area contributed by atoms with E-state index in [4.69, 9.17) is 4.74 Å². The lowest BCUT2D eigenvalue weighted by molar-refractivity contribution is -0.119. The van der Waals surface area contributed by atoms with E-state index in [2.05, 4.69) is 10.6 Å². The van der Waals surface area contributed by atoms with Crippen LogP contribution in [0.15, 0.2) is 24.3 Å². The summed E-state index contributed by atoms with van der Waals surface area (Å²) in [6.07, 6.45) is 0.300. The Morgan fingerprint density at radius 2 is 2.06 bits per heavy atom. The quantitative estimate of drug-likeness (QED) is 0.824. The van der Waals surface area contributed by atoms with E-state index in [1.165, 1.54) is 6.92 Å². The molecule has 92 valence electrons. The summed E-state index contributed by atoms with van der Waals surface area (Å²) in [5, 5.41) is 6.01. The van der Waals surface area contributed by atoms with E-state index < -0.39 is 0 Å². The zero-order valence-electron chi connectivity index (χ0n) is 10.2. The third-order valence-corrected chi connectivity index (χ3v) is 2.85. The average Bonchev–Trinajstić information content (AvgIpc) is 2.23. The van der Waals surface area contributed by atoms with Crippen LogP contribution < -0.4 is 15.4 Å². The van der Waals surface area contributed by atoms with Crippen molar-refractivity contribution in [1.29, 1.82) is 0 Å². The molecule has 1 amide bonds. The number of hydrogen-bond acceptors (Lipinski definition) is 3. The van der Waals surface area contributed by atoms with Crippen molar-refractivity contribution in [2.24, 2.45) is 0 Å². The Balaban J connectivity index is 1.94. The molecule has 0 saturated carbocycles. The molecule has 4 nitrogen and oxygen atoms in total. The largest absolute Gasteiger partial charge is 0.488 e. The maximum Gasteiger partial charge on any atom is 0.217 e. The van der Waals surface area contributed by atoms with Crippen LogP contribution in [0.4, 0.5) is 0 Å². The van der Waals surface area contributed by atoms with Crippen molar-refractivity contribution in [2.45, 2.75) is 26.0 Å². The van der Waals surface area contributed by atoms with Gasteiger partial charge in [-0.05, 0) is 24.6 Å². The van der Waals surface area contributed by atoms with Gasteiger partial charge in [-0.25, -0.2) is 0 Å². The maximum absolute atomic E-state index is 10.9. The normalized spacial score (nSPS) is 17.1. The fourth-order valence-electron chi connectivity index (χ4n) is 1.76. The second kappa shape index (κ2) is 5.19. The van der Waals surface area contributed by atoms with Gasteiger partial charge in [-0.3, -0.25) is 4.79 Å². The number of ether oxygens (including phenoxy) is 1. The molecule has 1 aliphatic heterocycles. The zero-order chi connectivity index (χ0) is 12.3. The van der Waals surface area contributed by atoms with Gasteiger partial charge in [0, 0.05) is 20.0 Å². The van der Waals surface area contributed by atoms with E-state index in [1.807, 2.05) is 31.2 Å². The summed E-state index contributed by atoms with van der Waals surface area (Å²) in [6.45, 7) is 5.33. The van der Waals surface area contributed by atoms with Gasteiger partial charge < -0.3 is 15.4 Å². The van der Waals surface area contributed by atoms with Gasteiger partial charge in [0.2, 0.25) is 5.91 Å². The maximum atomic E-state index is 10.9. The predicted octanol–water partition coefficient (Wildman–Crippen LogP) is 1.23. The average molecular weight is 234 g/mol. The van der Waals surface area contributed by atoms with Crippen LogP contribution in [0.5, 0.6) is 5.75 Å². The molecule has 2 rings (SSSR count). The first-order valence-corrected chi connectivity index (χ1v) is 5.89. The Labute approximate surface area is 101 Å². The van der Waals surface area contributed by atoms with Gasteiger partial charge >= 0.3 is 0 Å². The lowest BCUT2D eigenvalue weighted by Crippen LogP contribution is -2.50. The Morgan fingerprint density at radius 1 is 1.41 bits per heavy atom. The molecule has 0 aliphatic carbocycles. The molecular formula is C13H18N2O2. The van der Waals surface area contributed by atoms with Crippen molar-refractivity contribution >= 4 is 5.91 Å². The highest BCUT2D eigenvalue weighted by Gasteiger charge is 2.18. The van der Waals surface area contributed by atoms with E-state index in [-0.39, 0.29) is 11.9 Å². The fourth-order valence-corrected chi connectivity index (χ4v) is 1.76. The highest BCUT2D eigenvalue weighted by molar-refractivity contribution is 5.73. The summed E-state index contributed by atoms with van der Waals surface area (Å²) in [6, 6.07) is 7.91. The fraction of sp³-hybridized carbons (Fsp3) is 0.462. The van der Waals surface area contributed by atoms with Gasteiger partial charge in [-0.2, -0.15) is 0 Å². The van der Waals surface area contributed by atoms with Gasteiger partial charge in [-0.15, -0.1) is 0 Å². The first kappa shape index (κ1) is 11.9.